The van der Waals surface area contributed by atoms with E-state index in [4.69, 9.17) is 39.5 Å². The highest BCUT2D eigenvalue weighted by Crippen LogP contribution is 2.33. The molecule has 0 saturated heterocycles. The summed E-state index contributed by atoms with van der Waals surface area (Å²) >= 11 is 18.3. The number of nitrogens with one attached hydrogen (secondary N) is 1. The maximum Gasteiger partial charge on any atom is 0.244 e. The highest BCUT2D eigenvalue weighted by atomic mass is 35.5. The Hall–Kier alpha value is -2.20. The van der Waals surface area contributed by atoms with Gasteiger partial charge in [-0.2, -0.15) is 0 Å². The fourth-order valence-corrected chi connectivity index (χ4v) is 5.59. The van der Waals surface area contributed by atoms with Crippen molar-refractivity contribution in [3.05, 3.63) is 57.0 Å². The first-order valence-corrected chi connectivity index (χ1v) is 14.7. The minimum Gasteiger partial charge on any atom is -0.495 e. The minimum atomic E-state index is -3.94. The molecule has 0 bridgehead atoms. The Kier molecular flexibility index (Phi) is 9.97. The molecule has 8 nitrogen and oxygen atoms in total. The van der Waals surface area contributed by atoms with Crippen molar-refractivity contribution in [1.82, 2.24) is 10.2 Å². The summed E-state index contributed by atoms with van der Waals surface area (Å²) in [5.41, 5.74) is 0.748. The summed E-state index contributed by atoms with van der Waals surface area (Å²) in [6.45, 7) is 1.06. The summed E-state index contributed by atoms with van der Waals surface area (Å²) in [5.74, 6) is -0.676. The van der Waals surface area contributed by atoms with Crippen LogP contribution in [0, 0.1) is 0 Å². The first-order valence-electron chi connectivity index (χ1n) is 11.8. The summed E-state index contributed by atoms with van der Waals surface area (Å²) < 4.78 is 31.8. The van der Waals surface area contributed by atoms with Crippen LogP contribution in [0.25, 0.3) is 0 Å². The van der Waals surface area contributed by atoms with E-state index >= 15 is 0 Å². The average Bonchev–Trinajstić information content (AvgIpc) is 3.34. The molecule has 1 N–H and O–H groups in total. The number of methoxy groups -OCH3 is 1. The van der Waals surface area contributed by atoms with Gasteiger partial charge in [0.1, 0.15) is 18.3 Å². The second kappa shape index (κ2) is 12.6. The zero-order valence-corrected chi connectivity index (χ0v) is 23.9. The third-order valence-corrected chi connectivity index (χ3v) is 8.40. The van der Waals surface area contributed by atoms with Crippen LogP contribution in [0.4, 0.5) is 5.69 Å². The predicted molar refractivity (Wildman–Crippen MR) is 147 cm³/mol. The van der Waals surface area contributed by atoms with E-state index < -0.39 is 28.5 Å². The average molecular weight is 591 g/mol. The van der Waals surface area contributed by atoms with Gasteiger partial charge in [-0.25, -0.2) is 8.42 Å². The first-order chi connectivity index (χ1) is 17.4. The Bertz CT molecular complexity index is 1250. The minimum absolute atomic E-state index is 0.0132. The summed E-state index contributed by atoms with van der Waals surface area (Å²) in [6, 6.07) is 8.57. The van der Waals surface area contributed by atoms with E-state index in [1.54, 1.807) is 31.2 Å². The molecule has 2 aromatic rings. The number of ether oxygens (including phenoxy) is 1. The summed E-state index contributed by atoms with van der Waals surface area (Å²) in [7, 11) is -2.55. The van der Waals surface area contributed by atoms with Gasteiger partial charge in [-0.05, 0) is 55.7 Å². The van der Waals surface area contributed by atoms with Crippen LogP contribution in [0.15, 0.2) is 36.4 Å². The predicted octanol–water partition coefficient (Wildman–Crippen LogP) is 4.90. The lowest BCUT2D eigenvalue weighted by Gasteiger charge is -2.32. The van der Waals surface area contributed by atoms with E-state index in [1.807, 2.05) is 0 Å². The van der Waals surface area contributed by atoms with Gasteiger partial charge in [-0.3, -0.25) is 13.9 Å². The second-order valence-electron chi connectivity index (χ2n) is 9.02. The number of hydrogen-bond donors (Lipinski definition) is 1. The van der Waals surface area contributed by atoms with Crippen molar-refractivity contribution in [3.63, 3.8) is 0 Å². The normalized spacial score (nSPS) is 14.8. The molecular formula is C25H30Cl3N3O5S. The number of sulfonamides is 1. The molecule has 0 aliphatic heterocycles. The van der Waals surface area contributed by atoms with Crippen LogP contribution >= 0.6 is 34.8 Å². The third-order valence-electron chi connectivity index (χ3n) is 6.29. The largest absolute Gasteiger partial charge is 0.495 e. The number of anilines is 1. The molecule has 1 aliphatic rings. The number of nitrogens with zero attached hydrogens (tertiary/aromatic N) is 2. The molecule has 0 radical (unpaired) electrons. The Labute approximate surface area is 232 Å². The number of hydrogen-bond acceptors (Lipinski definition) is 5. The Balaban J connectivity index is 1.95. The van der Waals surface area contributed by atoms with Gasteiger partial charge >= 0.3 is 0 Å². The maximum atomic E-state index is 13.7. The molecule has 1 saturated carbocycles. The summed E-state index contributed by atoms with van der Waals surface area (Å²) in [6.07, 6.45) is 4.83. The van der Waals surface area contributed by atoms with Crippen LogP contribution < -0.4 is 14.4 Å². The zero-order valence-electron chi connectivity index (χ0n) is 20.8. The van der Waals surface area contributed by atoms with Crippen LogP contribution in [0.2, 0.25) is 15.1 Å². The van der Waals surface area contributed by atoms with Gasteiger partial charge in [0.2, 0.25) is 21.8 Å². The standard InChI is InChI=1S/C25H30Cl3N3O5S/c1-16(25(33)29-19-6-4-5-7-19)30(14-17-8-10-20(27)21(28)12-17)24(32)15-31(37(3,34)35)22-13-18(26)9-11-23(22)36-2/h8-13,16,19H,4-7,14-15H2,1-3H3,(H,29,33)/t16-/m0/s1. The lowest BCUT2D eigenvalue weighted by atomic mass is 10.1. The van der Waals surface area contributed by atoms with Crippen molar-refractivity contribution >= 4 is 62.3 Å². The van der Waals surface area contributed by atoms with Gasteiger partial charge in [0.05, 0.1) is 29.1 Å². The molecule has 1 fully saturated rings. The molecule has 0 unspecified atom stereocenters. The SMILES string of the molecule is COc1ccc(Cl)cc1N(CC(=O)N(Cc1ccc(Cl)c(Cl)c1)[C@@H](C)C(=O)NC1CCCC1)S(C)(=O)=O. The van der Waals surface area contributed by atoms with Crippen molar-refractivity contribution < 1.29 is 22.7 Å². The molecule has 0 spiro atoms. The van der Waals surface area contributed by atoms with Crippen LogP contribution in [0.3, 0.4) is 0 Å². The number of halogens is 3. The molecule has 3 rings (SSSR count). The van der Waals surface area contributed by atoms with E-state index in [-0.39, 0.29) is 35.0 Å². The Morgan fingerprint density at radius 2 is 1.76 bits per heavy atom. The van der Waals surface area contributed by atoms with Crippen LogP contribution in [0.5, 0.6) is 5.75 Å². The van der Waals surface area contributed by atoms with E-state index in [2.05, 4.69) is 5.32 Å². The first kappa shape index (κ1) is 29.4. The quantitative estimate of drug-likeness (QED) is 0.425. The third kappa shape index (κ3) is 7.66. The fourth-order valence-electron chi connectivity index (χ4n) is 4.26. The lowest BCUT2D eigenvalue weighted by Crippen LogP contribution is -2.52. The van der Waals surface area contributed by atoms with Crippen molar-refractivity contribution in [3.8, 4) is 5.75 Å². The molecule has 1 aliphatic carbocycles. The van der Waals surface area contributed by atoms with Gasteiger partial charge in [0, 0.05) is 17.6 Å². The highest BCUT2D eigenvalue weighted by Gasteiger charge is 2.32. The molecule has 37 heavy (non-hydrogen) atoms. The van der Waals surface area contributed by atoms with Gasteiger partial charge in [0.25, 0.3) is 0 Å². The highest BCUT2D eigenvalue weighted by molar-refractivity contribution is 7.92. The number of benzene rings is 2. The summed E-state index contributed by atoms with van der Waals surface area (Å²) in [4.78, 5) is 28.2. The van der Waals surface area contributed by atoms with Crippen LogP contribution in [-0.4, -0.2) is 57.1 Å². The van der Waals surface area contributed by atoms with Crippen molar-refractivity contribution in [2.75, 3.05) is 24.2 Å². The van der Waals surface area contributed by atoms with Gasteiger partial charge < -0.3 is 15.0 Å². The smallest absolute Gasteiger partial charge is 0.244 e. The molecule has 2 amide bonds. The Morgan fingerprint density at radius 3 is 2.35 bits per heavy atom. The van der Waals surface area contributed by atoms with E-state index in [9.17, 15) is 18.0 Å². The summed E-state index contributed by atoms with van der Waals surface area (Å²) in [5, 5.41) is 3.94. The monoisotopic (exact) mass is 589 g/mol. The molecule has 0 heterocycles. The molecule has 12 heteroatoms. The van der Waals surface area contributed by atoms with E-state index in [0.29, 0.717) is 15.6 Å². The number of amides is 2. The molecular weight excluding hydrogens is 561 g/mol. The van der Waals surface area contributed by atoms with Gasteiger partial charge in [-0.1, -0.05) is 53.7 Å². The number of carbonyl (C=O) groups is 2. The topological polar surface area (TPSA) is 96.0 Å². The van der Waals surface area contributed by atoms with Crippen molar-refractivity contribution in [2.45, 2.75) is 51.2 Å². The van der Waals surface area contributed by atoms with Crippen molar-refractivity contribution in [2.24, 2.45) is 0 Å². The van der Waals surface area contributed by atoms with E-state index in [1.165, 1.54) is 24.1 Å². The Morgan fingerprint density at radius 1 is 1.08 bits per heavy atom. The van der Waals surface area contributed by atoms with Crippen molar-refractivity contribution in [1.29, 1.82) is 0 Å². The number of carbonyl (C=O) groups excluding carboxylic acids is 2. The van der Waals surface area contributed by atoms with Gasteiger partial charge in [-0.15, -0.1) is 0 Å². The van der Waals surface area contributed by atoms with E-state index in [0.717, 1.165) is 36.2 Å². The number of rotatable bonds is 10. The van der Waals surface area contributed by atoms with Crippen LogP contribution in [0.1, 0.15) is 38.2 Å². The fraction of sp³-hybridized carbons (Fsp3) is 0.440. The molecule has 0 aromatic heterocycles. The van der Waals surface area contributed by atoms with Crippen LogP contribution in [-0.2, 0) is 26.2 Å². The maximum absolute atomic E-state index is 13.7. The second-order valence-corrected chi connectivity index (χ2v) is 12.2. The zero-order chi connectivity index (χ0) is 27.3. The molecule has 1 atom stereocenters. The lowest BCUT2D eigenvalue weighted by molar-refractivity contribution is -0.139. The van der Waals surface area contributed by atoms with Gasteiger partial charge in [0.15, 0.2) is 0 Å². The molecule has 202 valence electrons. The molecule has 2 aromatic carbocycles.